The molecule has 130 valence electrons. The van der Waals surface area contributed by atoms with Crippen molar-refractivity contribution < 1.29 is 24.8 Å². The van der Waals surface area contributed by atoms with E-state index < -0.39 is 36.7 Å². The van der Waals surface area contributed by atoms with Crippen LogP contribution >= 0.6 is 0 Å². The average Bonchev–Trinajstić information content (AvgIpc) is 3.04. The standard InChI is InChI=1S/C13H17N5O6/c1-2-3-23-13-15-6-9(16-12(14)17-10(6)22)18(13)11-8(21)7(20)5(4-19)24-11/h2,5,7-8,11,19-21H,1,3-4H2,(H3,14,16,17,22)/t5-,7?,8+,11-/m1/s1. The first-order chi connectivity index (χ1) is 11.5. The molecule has 1 unspecified atom stereocenters. The predicted octanol–water partition coefficient (Wildman–Crippen LogP) is -2.12. The van der Waals surface area contributed by atoms with Gasteiger partial charge in [-0.3, -0.25) is 9.78 Å². The Morgan fingerprint density at radius 2 is 2.17 bits per heavy atom. The van der Waals surface area contributed by atoms with Crippen LogP contribution in [0.25, 0.3) is 11.2 Å². The summed E-state index contributed by atoms with van der Waals surface area (Å²) in [5, 5.41) is 29.4. The molecule has 3 heterocycles. The Labute approximate surface area is 135 Å². The highest BCUT2D eigenvalue weighted by Crippen LogP contribution is 2.34. The van der Waals surface area contributed by atoms with E-state index in [4.69, 9.17) is 15.2 Å². The summed E-state index contributed by atoms with van der Waals surface area (Å²) in [6.45, 7) is 3.10. The molecule has 11 heteroatoms. The van der Waals surface area contributed by atoms with Crippen LogP contribution in [0.2, 0.25) is 0 Å². The lowest BCUT2D eigenvalue weighted by Crippen LogP contribution is -2.33. The second-order valence-corrected chi connectivity index (χ2v) is 5.22. The normalized spacial score (nSPS) is 26.8. The fourth-order valence-electron chi connectivity index (χ4n) is 2.54. The molecule has 0 amide bonds. The van der Waals surface area contributed by atoms with Gasteiger partial charge in [-0.1, -0.05) is 12.7 Å². The van der Waals surface area contributed by atoms with Gasteiger partial charge >= 0.3 is 6.01 Å². The summed E-state index contributed by atoms with van der Waals surface area (Å²) in [7, 11) is 0. The third kappa shape index (κ3) is 2.53. The number of fused-ring (bicyclic) bond motifs is 1. The second-order valence-electron chi connectivity index (χ2n) is 5.22. The molecule has 6 N–H and O–H groups in total. The molecular weight excluding hydrogens is 322 g/mol. The van der Waals surface area contributed by atoms with Gasteiger partial charge in [-0.25, -0.2) is 4.57 Å². The zero-order valence-electron chi connectivity index (χ0n) is 12.5. The molecule has 1 aliphatic heterocycles. The van der Waals surface area contributed by atoms with Gasteiger partial charge in [0, 0.05) is 0 Å². The average molecular weight is 339 g/mol. The lowest BCUT2D eigenvalue weighted by molar-refractivity contribution is -0.0540. The minimum Gasteiger partial charge on any atom is -0.460 e. The van der Waals surface area contributed by atoms with Crippen molar-refractivity contribution in [1.82, 2.24) is 19.5 Å². The van der Waals surface area contributed by atoms with Crippen LogP contribution in [0.1, 0.15) is 6.23 Å². The number of aliphatic hydroxyl groups is 3. The van der Waals surface area contributed by atoms with Gasteiger partial charge in [0.15, 0.2) is 17.4 Å². The first-order valence-electron chi connectivity index (χ1n) is 7.11. The van der Waals surface area contributed by atoms with Crippen molar-refractivity contribution in [2.45, 2.75) is 24.5 Å². The van der Waals surface area contributed by atoms with Gasteiger partial charge in [0.25, 0.3) is 5.56 Å². The Hall–Kier alpha value is -2.47. The molecule has 3 rings (SSSR count). The number of imidazole rings is 1. The number of nitrogens with two attached hydrogens (primary N) is 1. The Morgan fingerprint density at radius 1 is 1.42 bits per heavy atom. The van der Waals surface area contributed by atoms with Gasteiger partial charge in [-0.05, 0) is 0 Å². The molecule has 2 aromatic heterocycles. The summed E-state index contributed by atoms with van der Waals surface area (Å²) in [4.78, 5) is 22.4. The topological polar surface area (TPSA) is 169 Å². The highest BCUT2D eigenvalue weighted by Gasteiger charge is 2.45. The summed E-state index contributed by atoms with van der Waals surface area (Å²) in [5.74, 6) is -0.157. The van der Waals surface area contributed by atoms with Crippen LogP contribution in [-0.4, -0.2) is 66.4 Å². The van der Waals surface area contributed by atoms with Crippen molar-refractivity contribution in [3.63, 3.8) is 0 Å². The Balaban J connectivity index is 2.17. The van der Waals surface area contributed by atoms with E-state index in [1.165, 1.54) is 10.6 Å². The van der Waals surface area contributed by atoms with E-state index in [0.29, 0.717) is 0 Å². The number of aromatic amines is 1. The van der Waals surface area contributed by atoms with E-state index in [9.17, 15) is 20.1 Å². The van der Waals surface area contributed by atoms with Crippen LogP contribution in [0.4, 0.5) is 5.95 Å². The number of nitrogen functional groups attached to an aromatic ring is 1. The van der Waals surface area contributed by atoms with E-state index in [0.717, 1.165) is 0 Å². The number of aliphatic hydroxyl groups excluding tert-OH is 3. The number of ether oxygens (including phenoxy) is 2. The summed E-state index contributed by atoms with van der Waals surface area (Å²) in [6.07, 6.45) is -3.44. The maximum absolute atomic E-state index is 12.0. The van der Waals surface area contributed by atoms with Gasteiger partial charge in [-0.15, -0.1) is 0 Å². The molecule has 0 spiro atoms. The van der Waals surface area contributed by atoms with E-state index >= 15 is 0 Å². The van der Waals surface area contributed by atoms with Gasteiger partial charge in [-0.2, -0.15) is 9.97 Å². The van der Waals surface area contributed by atoms with Gasteiger partial charge in [0.2, 0.25) is 5.95 Å². The lowest BCUT2D eigenvalue weighted by Gasteiger charge is -2.18. The summed E-state index contributed by atoms with van der Waals surface area (Å²) in [5.41, 5.74) is 4.92. The molecule has 1 fully saturated rings. The van der Waals surface area contributed by atoms with Crippen molar-refractivity contribution in [1.29, 1.82) is 0 Å². The van der Waals surface area contributed by atoms with Crippen LogP contribution in [0.3, 0.4) is 0 Å². The van der Waals surface area contributed by atoms with Crippen molar-refractivity contribution >= 4 is 17.1 Å². The van der Waals surface area contributed by atoms with E-state index in [-0.39, 0.29) is 29.7 Å². The first kappa shape index (κ1) is 16.4. The lowest BCUT2D eigenvalue weighted by atomic mass is 10.1. The van der Waals surface area contributed by atoms with E-state index in [2.05, 4.69) is 21.5 Å². The molecule has 0 radical (unpaired) electrons. The molecule has 1 saturated heterocycles. The van der Waals surface area contributed by atoms with Crippen molar-refractivity contribution in [2.75, 3.05) is 18.9 Å². The number of nitrogens with one attached hydrogen (secondary N) is 1. The molecule has 0 bridgehead atoms. The largest absolute Gasteiger partial charge is 0.460 e. The molecule has 24 heavy (non-hydrogen) atoms. The van der Waals surface area contributed by atoms with Gasteiger partial charge in [0.1, 0.15) is 24.9 Å². The van der Waals surface area contributed by atoms with Crippen molar-refractivity contribution in [3.05, 3.63) is 23.0 Å². The second kappa shape index (κ2) is 6.20. The fourth-order valence-corrected chi connectivity index (χ4v) is 2.54. The van der Waals surface area contributed by atoms with E-state index in [1.807, 2.05) is 0 Å². The molecular formula is C13H17N5O6. The molecule has 0 saturated carbocycles. The number of hydrogen-bond acceptors (Lipinski definition) is 9. The third-order valence-electron chi connectivity index (χ3n) is 3.64. The molecule has 11 nitrogen and oxygen atoms in total. The number of H-pyrrole nitrogens is 1. The fraction of sp³-hybridized carbons (Fsp3) is 0.462. The van der Waals surface area contributed by atoms with Crippen LogP contribution in [0.15, 0.2) is 17.4 Å². The molecule has 0 aliphatic carbocycles. The smallest absolute Gasteiger partial charge is 0.301 e. The highest BCUT2D eigenvalue weighted by molar-refractivity contribution is 5.72. The third-order valence-corrected chi connectivity index (χ3v) is 3.64. The minimum atomic E-state index is -1.40. The van der Waals surface area contributed by atoms with Crippen LogP contribution in [-0.2, 0) is 4.74 Å². The summed E-state index contributed by atoms with van der Waals surface area (Å²) in [6, 6.07) is -0.0664. The van der Waals surface area contributed by atoms with Crippen LogP contribution in [0, 0.1) is 0 Å². The number of nitrogens with zero attached hydrogens (tertiary/aromatic N) is 3. The van der Waals surface area contributed by atoms with Crippen LogP contribution in [0.5, 0.6) is 6.01 Å². The van der Waals surface area contributed by atoms with Gasteiger partial charge in [0.05, 0.1) is 6.61 Å². The minimum absolute atomic E-state index is 0.0187. The van der Waals surface area contributed by atoms with E-state index in [1.54, 1.807) is 0 Å². The SMILES string of the molecule is C=CCOc1nc2c(=O)[nH]c(N)nc2n1[C@@H]1O[C@H](CO)C(O)[C@@H]1O. The molecule has 0 aromatic carbocycles. The number of anilines is 1. The summed E-state index contributed by atoms with van der Waals surface area (Å²) >= 11 is 0. The zero-order chi connectivity index (χ0) is 17.4. The highest BCUT2D eigenvalue weighted by atomic mass is 16.6. The summed E-state index contributed by atoms with van der Waals surface area (Å²) < 4.78 is 12.1. The maximum Gasteiger partial charge on any atom is 0.301 e. The Kier molecular flexibility index (Phi) is 4.24. The first-order valence-corrected chi connectivity index (χ1v) is 7.11. The molecule has 4 atom stereocenters. The number of rotatable bonds is 5. The maximum atomic E-state index is 12.0. The van der Waals surface area contributed by atoms with Crippen LogP contribution < -0.4 is 16.0 Å². The van der Waals surface area contributed by atoms with Gasteiger partial charge < -0.3 is 30.5 Å². The Morgan fingerprint density at radius 3 is 2.79 bits per heavy atom. The molecule has 2 aromatic rings. The monoisotopic (exact) mass is 339 g/mol. The van der Waals surface area contributed by atoms with Crippen molar-refractivity contribution in [3.8, 4) is 6.01 Å². The zero-order valence-corrected chi connectivity index (χ0v) is 12.5. The number of aromatic nitrogens is 4. The van der Waals surface area contributed by atoms with Crippen molar-refractivity contribution in [2.24, 2.45) is 0 Å². The predicted molar refractivity (Wildman–Crippen MR) is 81.3 cm³/mol. The molecule has 1 aliphatic rings. The Bertz CT molecular complexity index is 817. The number of hydrogen-bond donors (Lipinski definition) is 5. The quantitative estimate of drug-likeness (QED) is 0.382.